The second kappa shape index (κ2) is 5.63. The summed E-state index contributed by atoms with van der Waals surface area (Å²) < 4.78 is 0. The van der Waals surface area contributed by atoms with E-state index in [9.17, 15) is 4.79 Å². The number of aromatic nitrogens is 1. The summed E-state index contributed by atoms with van der Waals surface area (Å²) in [6, 6.07) is 1.67. The molecular formula is C12H20N4O. The minimum absolute atomic E-state index is 0.0914. The van der Waals surface area contributed by atoms with Gasteiger partial charge in [-0.05, 0) is 17.9 Å². The Labute approximate surface area is 102 Å². The Hall–Kier alpha value is -1.62. The van der Waals surface area contributed by atoms with Gasteiger partial charge in [0, 0.05) is 18.9 Å². The van der Waals surface area contributed by atoms with Gasteiger partial charge in [0.05, 0.1) is 11.3 Å². The van der Waals surface area contributed by atoms with Gasteiger partial charge in [-0.3, -0.25) is 15.6 Å². The monoisotopic (exact) mass is 236 g/mol. The lowest BCUT2D eigenvalue weighted by molar-refractivity contribution is 0.0936. The molecule has 94 valence electrons. The zero-order valence-electron chi connectivity index (χ0n) is 10.6. The van der Waals surface area contributed by atoms with Crippen molar-refractivity contribution >= 4 is 11.6 Å². The van der Waals surface area contributed by atoms with Crippen molar-refractivity contribution in [3.05, 3.63) is 24.0 Å². The largest absolute Gasteiger partial charge is 0.351 e. The SMILES string of the molecule is CCC(C)(C)CNC(=O)c1cnccc1NN. The van der Waals surface area contributed by atoms with E-state index in [0.29, 0.717) is 17.8 Å². The number of rotatable bonds is 5. The summed E-state index contributed by atoms with van der Waals surface area (Å²) in [5.74, 6) is 5.18. The number of carbonyl (C=O) groups is 1. The number of amides is 1. The molecule has 0 fully saturated rings. The van der Waals surface area contributed by atoms with Gasteiger partial charge in [0.25, 0.3) is 5.91 Å². The maximum Gasteiger partial charge on any atom is 0.255 e. The molecule has 1 aromatic rings. The lowest BCUT2D eigenvalue weighted by Gasteiger charge is -2.23. The van der Waals surface area contributed by atoms with Crippen LogP contribution in [0.15, 0.2) is 18.5 Å². The molecule has 0 aliphatic carbocycles. The first-order chi connectivity index (χ1) is 8.00. The van der Waals surface area contributed by atoms with E-state index in [0.717, 1.165) is 6.42 Å². The quantitative estimate of drug-likeness (QED) is 0.535. The lowest BCUT2D eigenvalue weighted by atomic mass is 9.90. The average molecular weight is 236 g/mol. The van der Waals surface area contributed by atoms with Crippen molar-refractivity contribution < 1.29 is 4.79 Å². The summed E-state index contributed by atoms with van der Waals surface area (Å²) in [5, 5.41) is 2.89. The molecule has 0 bridgehead atoms. The highest BCUT2D eigenvalue weighted by Gasteiger charge is 2.18. The Morgan fingerprint density at radius 2 is 2.24 bits per heavy atom. The van der Waals surface area contributed by atoms with Crippen LogP contribution in [-0.2, 0) is 0 Å². The molecule has 0 aromatic carbocycles. The van der Waals surface area contributed by atoms with Crippen LogP contribution in [0.25, 0.3) is 0 Å². The molecule has 0 spiro atoms. The first kappa shape index (κ1) is 13.4. The van der Waals surface area contributed by atoms with E-state index in [1.165, 1.54) is 6.20 Å². The first-order valence-corrected chi connectivity index (χ1v) is 5.69. The van der Waals surface area contributed by atoms with Crippen LogP contribution < -0.4 is 16.6 Å². The van der Waals surface area contributed by atoms with Crippen LogP contribution in [0.3, 0.4) is 0 Å². The fourth-order valence-electron chi connectivity index (χ4n) is 1.24. The zero-order chi connectivity index (χ0) is 12.9. The molecule has 17 heavy (non-hydrogen) atoms. The van der Waals surface area contributed by atoms with Crippen molar-refractivity contribution in [2.45, 2.75) is 27.2 Å². The van der Waals surface area contributed by atoms with E-state index in [-0.39, 0.29) is 11.3 Å². The Kier molecular flexibility index (Phi) is 4.45. The molecule has 0 aliphatic rings. The third kappa shape index (κ3) is 3.71. The van der Waals surface area contributed by atoms with Crippen LogP contribution in [0.2, 0.25) is 0 Å². The van der Waals surface area contributed by atoms with E-state index in [2.05, 4.69) is 36.5 Å². The van der Waals surface area contributed by atoms with Gasteiger partial charge in [0.1, 0.15) is 0 Å². The minimum atomic E-state index is -0.160. The van der Waals surface area contributed by atoms with Crippen molar-refractivity contribution in [3.8, 4) is 0 Å². The number of nitrogens with two attached hydrogens (primary N) is 1. The van der Waals surface area contributed by atoms with Crippen LogP contribution in [0.5, 0.6) is 0 Å². The van der Waals surface area contributed by atoms with E-state index >= 15 is 0 Å². The summed E-state index contributed by atoms with van der Waals surface area (Å²) in [6.07, 6.45) is 4.09. The predicted octanol–water partition coefficient (Wildman–Crippen LogP) is 1.53. The van der Waals surface area contributed by atoms with Crippen molar-refractivity contribution in [1.82, 2.24) is 10.3 Å². The molecule has 0 saturated carbocycles. The minimum Gasteiger partial charge on any atom is -0.351 e. The number of nitrogen functional groups attached to an aromatic ring is 1. The first-order valence-electron chi connectivity index (χ1n) is 5.69. The van der Waals surface area contributed by atoms with Gasteiger partial charge < -0.3 is 10.7 Å². The molecule has 0 radical (unpaired) electrons. The third-order valence-electron chi connectivity index (χ3n) is 2.91. The highest BCUT2D eigenvalue weighted by molar-refractivity contribution is 5.99. The van der Waals surface area contributed by atoms with Gasteiger partial charge in [-0.15, -0.1) is 0 Å². The molecule has 1 amide bonds. The van der Waals surface area contributed by atoms with Crippen LogP contribution in [0.1, 0.15) is 37.6 Å². The van der Waals surface area contributed by atoms with Crippen LogP contribution >= 0.6 is 0 Å². The summed E-state index contributed by atoms with van der Waals surface area (Å²) >= 11 is 0. The molecule has 0 unspecified atom stereocenters. The highest BCUT2D eigenvalue weighted by atomic mass is 16.1. The number of hydrogen-bond donors (Lipinski definition) is 3. The molecule has 0 atom stereocenters. The van der Waals surface area contributed by atoms with Crippen molar-refractivity contribution in [3.63, 3.8) is 0 Å². The fourth-order valence-corrected chi connectivity index (χ4v) is 1.24. The number of carbonyl (C=O) groups excluding carboxylic acids is 1. The van der Waals surface area contributed by atoms with Gasteiger partial charge in [-0.25, -0.2) is 0 Å². The van der Waals surface area contributed by atoms with Crippen LogP contribution in [0, 0.1) is 5.41 Å². The van der Waals surface area contributed by atoms with Crippen molar-refractivity contribution in [1.29, 1.82) is 0 Å². The summed E-state index contributed by atoms with van der Waals surface area (Å²) in [6.45, 7) is 6.95. The molecule has 0 saturated heterocycles. The topological polar surface area (TPSA) is 80.0 Å². The fraction of sp³-hybridized carbons (Fsp3) is 0.500. The Bertz CT molecular complexity index is 390. The van der Waals surface area contributed by atoms with Crippen LogP contribution in [-0.4, -0.2) is 17.4 Å². The van der Waals surface area contributed by atoms with E-state index in [1.807, 2.05) is 0 Å². The second-order valence-electron chi connectivity index (χ2n) is 4.77. The van der Waals surface area contributed by atoms with Gasteiger partial charge in [0.15, 0.2) is 0 Å². The van der Waals surface area contributed by atoms with Crippen LogP contribution in [0.4, 0.5) is 5.69 Å². The van der Waals surface area contributed by atoms with Gasteiger partial charge >= 0.3 is 0 Å². The summed E-state index contributed by atoms with van der Waals surface area (Å²) in [4.78, 5) is 15.9. The summed E-state index contributed by atoms with van der Waals surface area (Å²) in [5.41, 5.74) is 3.61. The Balaban J connectivity index is 2.70. The molecule has 5 nitrogen and oxygen atoms in total. The second-order valence-corrected chi connectivity index (χ2v) is 4.77. The van der Waals surface area contributed by atoms with Crippen molar-refractivity contribution in [2.24, 2.45) is 11.3 Å². The standard InChI is InChI=1S/C12H20N4O/c1-4-12(2,3)8-15-11(17)9-7-14-6-5-10(9)16-13/h5-7H,4,8,13H2,1-3H3,(H,14,16)(H,15,17). The Morgan fingerprint density at radius 1 is 1.53 bits per heavy atom. The molecule has 4 N–H and O–H groups in total. The number of nitrogens with one attached hydrogen (secondary N) is 2. The zero-order valence-corrected chi connectivity index (χ0v) is 10.6. The average Bonchev–Trinajstić information content (AvgIpc) is 2.36. The van der Waals surface area contributed by atoms with Gasteiger partial charge in [-0.1, -0.05) is 20.8 Å². The van der Waals surface area contributed by atoms with Crippen molar-refractivity contribution in [2.75, 3.05) is 12.0 Å². The smallest absolute Gasteiger partial charge is 0.255 e. The normalized spacial score (nSPS) is 11.1. The molecular weight excluding hydrogens is 216 g/mol. The van der Waals surface area contributed by atoms with Gasteiger partial charge in [-0.2, -0.15) is 0 Å². The number of nitrogens with zero attached hydrogens (tertiary/aromatic N) is 1. The molecule has 1 rings (SSSR count). The number of pyridine rings is 1. The lowest BCUT2D eigenvalue weighted by Crippen LogP contribution is -2.34. The van der Waals surface area contributed by atoms with E-state index in [1.54, 1.807) is 12.3 Å². The van der Waals surface area contributed by atoms with E-state index < -0.39 is 0 Å². The van der Waals surface area contributed by atoms with E-state index in [4.69, 9.17) is 5.84 Å². The maximum absolute atomic E-state index is 11.9. The highest BCUT2D eigenvalue weighted by Crippen LogP contribution is 2.18. The maximum atomic E-state index is 11.9. The summed E-state index contributed by atoms with van der Waals surface area (Å²) in [7, 11) is 0. The predicted molar refractivity (Wildman–Crippen MR) is 68.5 cm³/mol. The number of anilines is 1. The number of hydrogen-bond acceptors (Lipinski definition) is 4. The molecule has 1 aromatic heterocycles. The molecule has 0 aliphatic heterocycles. The Morgan fingerprint density at radius 3 is 2.82 bits per heavy atom. The number of hydrazine groups is 1. The molecule has 5 heteroatoms. The van der Waals surface area contributed by atoms with Gasteiger partial charge in [0.2, 0.25) is 0 Å². The molecule has 1 heterocycles. The third-order valence-corrected chi connectivity index (χ3v) is 2.91.